The molecule has 0 saturated carbocycles. The van der Waals surface area contributed by atoms with Crippen LogP contribution in [0.5, 0.6) is 0 Å². The van der Waals surface area contributed by atoms with E-state index in [9.17, 15) is 19.8 Å². The Hall–Kier alpha value is -2.86. The van der Waals surface area contributed by atoms with Crippen LogP contribution in [0, 0.1) is 0 Å². The van der Waals surface area contributed by atoms with Crippen molar-refractivity contribution in [3.05, 3.63) is 12.2 Å². The highest BCUT2D eigenvalue weighted by molar-refractivity contribution is 5.87. The molecule has 18 heavy (non-hydrogen) atoms. The molecule has 0 fully saturated rings. The largest absolute Gasteiger partial charge is 0.545 e. The normalized spacial score (nSPS) is 6.89. The van der Waals surface area contributed by atoms with Crippen LogP contribution >= 0.6 is 0 Å². The third-order valence-corrected chi connectivity index (χ3v) is 0.355. The molecule has 0 aliphatic carbocycles. The van der Waals surface area contributed by atoms with E-state index in [0.29, 0.717) is 12.2 Å². The Morgan fingerprint density at radius 3 is 0.944 bits per heavy atom. The minimum Gasteiger partial charge on any atom is -0.545 e. The lowest BCUT2D eigenvalue weighted by Gasteiger charge is -1.90. The second-order valence-electron chi connectivity index (χ2n) is 1.97. The Balaban J connectivity index is -0.0000000489. The molecule has 0 aromatic heterocycles. The van der Waals surface area contributed by atoms with Gasteiger partial charge in [-0.15, -0.1) is 0 Å². The van der Waals surface area contributed by atoms with E-state index in [2.05, 4.69) is 33.8 Å². The number of guanidine groups is 2. The fourth-order valence-electron chi connectivity index (χ4n) is 0.136. The minimum atomic E-state index is -1.55. The molecule has 0 aliphatic heterocycles. The molecule has 0 aromatic carbocycles. The molecule has 12 nitrogen and oxygen atoms in total. The van der Waals surface area contributed by atoms with Gasteiger partial charge in [0.15, 0.2) is 0 Å². The van der Waals surface area contributed by atoms with Crippen LogP contribution in [-0.4, -0.2) is 34.8 Å². The lowest BCUT2D eigenvalue weighted by Crippen LogP contribution is -2.51. The molecular formula is C6H18N6O6. The second-order valence-corrected chi connectivity index (χ2v) is 1.97. The van der Waals surface area contributed by atoms with Crippen LogP contribution in [0.25, 0.3) is 0 Å². The Kier molecular flexibility index (Phi) is 32.2. The van der Waals surface area contributed by atoms with Crippen molar-refractivity contribution in [3.8, 4) is 0 Å². The highest BCUT2D eigenvalue weighted by atomic mass is 16.4. The lowest BCUT2D eigenvalue weighted by atomic mass is 10.5. The molecule has 0 unspecified atom stereocenters. The van der Waals surface area contributed by atoms with E-state index < -0.39 is 11.9 Å². The Morgan fingerprint density at radius 2 is 0.889 bits per heavy atom. The highest BCUT2D eigenvalue weighted by Gasteiger charge is 1.71. The minimum absolute atomic E-state index is 0. The average Bonchev–Trinajstić information content (AvgIpc) is 1.98. The van der Waals surface area contributed by atoms with Crippen LogP contribution in [0.15, 0.2) is 12.2 Å². The maximum atomic E-state index is 9.41. The first-order chi connectivity index (χ1) is 7.09. The van der Waals surface area contributed by atoms with E-state index in [4.69, 9.17) is 0 Å². The van der Waals surface area contributed by atoms with Crippen LogP contribution in [0.3, 0.4) is 0 Å². The van der Waals surface area contributed by atoms with Gasteiger partial charge in [0.2, 0.25) is 0 Å². The molecule has 0 aliphatic rings. The van der Waals surface area contributed by atoms with Crippen LogP contribution in [0.2, 0.25) is 0 Å². The van der Waals surface area contributed by atoms with Gasteiger partial charge in [0.05, 0.1) is 11.9 Å². The molecule has 0 radical (unpaired) electrons. The Labute approximate surface area is 101 Å². The van der Waals surface area contributed by atoms with Crippen LogP contribution in [0.4, 0.5) is 0 Å². The summed E-state index contributed by atoms with van der Waals surface area (Å²) in [4.78, 5) is 18.8. The molecule has 0 atom stereocenters. The molecule has 0 heterocycles. The fourth-order valence-corrected chi connectivity index (χ4v) is 0.136. The third kappa shape index (κ3) is 423. The van der Waals surface area contributed by atoms with Gasteiger partial charge in [-0.3, -0.25) is 33.8 Å². The van der Waals surface area contributed by atoms with Crippen molar-refractivity contribution in [3.63, 3.8) is 0 Å². The summed E-state index contributed by atoms with van der Waals surface area (Å²) >= 11 is 0. The number of carbonyl (C=O) groups is 2. The monoisotopic (exact) mass is 270 g/mol. The predicted molar refractivity (Wildman–Crippen MR) is 57.0 cm³/mol. The van der Waals surface area contributed by atoms with E-state index in [0.717, 1.165) is 0 Å². The number of hydrogen-bond acceptors (Lipinski definition) is 4. The number of nitrogens with two attached hydrogens (primary N) is 6. The lowest BCUT2D eigenvalue weighted by molar-refractivity contribution is -0.301. The summed E-state index contributed by atoms with van der Waals surface area (Å²) in [6, 6.07) is 0. The third-order valence-electron chi connectivity index (χ3n) is 0.355. The molecule has 0 bridgehead atoms. The molecule has 12 heteroatoms. The van der Waals surface area contributed by atoms with E-state index in [1.807, 2.05) is 0 Å². The quantitative estimate of drug-likeness (QED) is 0.158. The van der Waals surface area contributed by atoms with Gasteiger partial charge in [0.25, 0.3) is 0 Å². The van der Waals surface area contributed by atoms with Gasteiger partial charge in [0, 0.05) is 0 Å². The van der Waals surface area contributed by atoms with E-state index in [-0.39, 0.29) is 22.9 Å². The van der Waals surface area contributed by atoms with Gasteiger partial charge in [-0.2, -0.15) is 0 Å². The molecule has 0 saturated heterocycles. The van der Waals surface area contributed by atoms with E-state index >= 15 is 0 Å². The van der Waals surface area contributed by atoms with Crippen LogP contribution < -0.4 is 44.0 Å². The molecule has 108 valence electrons. The molecule has 0 amide bonds. The summed E-state index contributed by atoms with van der Waals surface area (Å²) in [7, 11) is 0. The van der Waals surface area contributed by atoms with E-state index in [1.165, 1.54) is 0 Å². The summed E-state index contributed by atoms with van der Waals surface area (Å²) in [5, 5.41) is 28.0. The first kappa shape index (κ1) is 29.4. The maximum Gasteiger partial charge on any atom is 0.336 e. The molecule has 16 N–H and O–H groups in total. The zero-order valence-corrected chi connectivity index (χ0v) is 9.25. The maximum absolute atomic E-state index is 9.41. The molecule has 0 rings (SSSR count). The van der Waals surface area contributed by atoms with Gasteiger partial charge in [-0.25, -0.2) is 0 Å². The molecular weight excluding hydrogens is 252 g/mol. The summed E-state index contributed by atoms with van der Waals surface area (Å²) in [6.07, 6.45) is 0.769. The van der Waals surface area contributed by atoms with Crippen molar-refractivity contribution in [2.45, 2.75) is 0 Å². The average molecular weight is 270 g/mol. The predicted octanol–water partition coefficient (Wildman–Crippen LogP) is -10.6. The van der Waals surface area contributed by atoms with Crippen molar-refractivity contribution in [1.29, 1.82) is 0 Å². The smallest absolute Gasteiger partial charge is 0.336 e. The number of carboxylic acid groups (broad SMARTS) is 2. The molecule has 0 spiro atoms. The zero-order valence-electron chi connectivity index (χ0n) is 9.25. The van der Waals surface area contributed by atoms with Gasteiger partial charge in [-0.1, -0.05) is 0 Å². The zero-order chi connectivity index (χ0) is 13.7. The van der Waals surface area contributed by atoms with Crippen molar-refractivity contribution >= 4 is 23.9 Å². The Bertz CT molecular complexity index is 254. The summed E-state index contributed by atoms with van der Waals surface area (Å²) in [6.45, 7) is 0. The number of rotatable bonds is 2. The Morgan fingerprint density at radius 1 is 0.778 bits per heavy atom. The topological polar surface area (TPSA) is 299 Å². The van der Waals surface area contributed by atoms with Crippen molar-refractivity contribution in [2.24, 2.45) is 22.9 Å². The first-order valence-electron chi connectivity index (χ1n) is 3.46. The van der Waals surface area contributed by atoms with Gasteiger partial charge < -0.3 is 30.8 Å². The van der Waals surface area contributed by atoms with Gasteiger partial charge >= 0.3 is 11.9 Å². The summed E-state index contributed by atoms with van der Waals surface area (Å²) in [5.74, 6) is -3.26. The van der Waals surface area contributed by atoms with Crippen LogP contribution in [0.1, 0.15) is 0 Å². The fraction of sp³-hybridized carbons (Fsp3) is 0. The SMILES string of the molecule is NC(N)=[NH2+].NC(N)=[NH2+].O.O.O=C([O-])/C=C/C(=O)[O-]. The number of carbonyl (C=O) groups excluding carboxylic acids is 2. The second kappa shape index (κ2) is 19.7. The first-order valence-corrected chi connectivity index (χ1v) is 3.46. The number of aliphatic carboxylic acids is 2. The number of hydrogen-bond donors (Lipinski definition) is 6. The number of carboxylic acids is 2. The van der Waals surface area contributed by atoms with Crippen LogP contribution in [-0.2, 0) is 9.59 Å². The van der Waals surface area contributed by atoms with Gasteiger partial charge in [0.1, 0.15) is 0 Å². The van der Waals surface area contributed by atoms with E-state index in [1.54, 1.807) is 0 Å². The highest BCUT2D eigenvalue weighted by Crippen LogP contribution is 1.64. The van der Waals surface area contributed by atoms with Crippen molar-refractivity contribution < 1.29 is 41.6 Å². The van der Waals surface area contributed by atoms with Crippen molar-refractivity contribution in [2.75, 3.05) is 0 Å². The summed E-state index contributed by atoms with van der Waals surface area (Å²) < 4.78 is 0. The molecule has 0 aromatic rings. The summed E-state index contributed by atoms with van der Waals surface area (Å²) in [5.41, 5.74) is 18.3. The van der Waals surface area contributed by atoms with Gasteiger partial charge in [-0.05, 0) is 12.2 Å². The standard InChI is InChI=1S/C4H4O4.2CH5N3.2H2O/c5-3(6)1-2-4(7)8;2*2-1(3)4;;/h1-2H,(H,5,6)(H,7,8);2*(H5,2,3,4);2*1H2/b2-1+;;;;. The van der Waals surface area contributed by atoms with Crippen molar-refractivity contribution in [1.82, 2.24) is 0 Å².